The first-order valence-electron chi connectivity index (χ1n) is 10.5. The van der Waals surface area contributed by atoms with Gasteiger partial charge in [0.05, 0.1) is 0 Å². The summed E-state index contributed by atoms with van der Waals surface area (Å²) in [6.45, 7) is 3.71. The Morgan fingerprint density at radius 2 is 1.93 bits per heavy atom. The van der Waals surface area contributed by atoms with E-state index in [1.54, 1.807) is 0 Å². The minimum atomic E-state index is 0.189. The van der Waals surface area contributed by atoms with Crippen molar-refractivity contribution < 1.29 is 4.79 Å². The number of anilines is 1. The molecule has 0 aromatic heterocycles. The Hall–Kier alpha value is -2.33. The monoisotopic (exact) mass is 377 g/mol. The van der Waals surface area contributed by atoms with E-state index in [4.69, 9.17) is 0 Å². The van der Waals surface area contributed by atoms with Gasteiger partial charge in [0.15, 0.2) is 0 Å². The van der Waals surface area contributed by atoms with Crippen LogP contribution in [0.5, 0.6) is 0 Å². The van der Waals surface area contributed by atoms with Gasteiger partial charge in [-0.15, -0.1) is 0 Å². The summed E-state index contributed by atoms with van der Waals surface area (Å²) in [4.78, 5) is 19.9. The molecule has 4 rings (SSSR count). The van der Waals surface area contributed by atoms with Crippen LogP contribution < -0.4 is 4.90 Å². The molecule has 28 heavy (non-hydrogen) atoms. The summed E-state index contributed by atoms with van der Waals surface area (Å²) in [5.41, 5.74) is 4.77. The molecule has 4 heteroatoms. The number of likely N-dealkylation sites (tertiary alicyclic amines) is 1. The predicted molar refractivity (Wildman–Crippen MR) is 115 cm³/mol. The molecule has 1 amide bonds. The number of carbonyl (C=O) groups excluding carboxylic acids is 1. The highest BCUT2D eigenvalue weighted by atomic mass is 16.2. The van der Waals surface area contributed by atoms with Gasteiger partial charge in [0.2, 0.25) is 0 Å². The van der Waals surface area contributed by atoms with Gasteiger partial charge in [0.1, 0.15) is 0 Å². The van der Waals surface area contributed by atoms with Crippen molar-refractivity contribution in [2.75, 3.05) is 38.6 Å². The topological polar surface area (TPSA) is 26.8 Å². The highest BCUT2D eigenvalue weighted by Gasteiger charge is 2.27. The van der Waals surface area contributed by atoms with Crippen LogP contribution in [0.4, 0.5) is 5.69 Å². The van der Waals surface area contributed by atoms with E-state index in [1.165, 1.54) is 16.8 Å². The lowest BCUT2D eigenvalue weighted by molar-refractivity contribution is 0.0602. The lowest BCUT2D eigenvalue weighted by Gasteiger charge is -2.38. The summed E-state index contributed by atoms with van der Waals surface area (Å²) < 4.78 is 0. The number of rotatable bonds is 4. The van der Waals surface area contributed by atoms with Crippen LogP contribution in [0, 0.1) is 0 Å². The normalized spacial score (nSPS) is 19.6. The molecule has 0 radical (unpaired) electrons. The van der Waals surface area contributed by atoms with Crippen LogP contribution in [-0.2, 0) is 13.0 Å². The molecule has 0 aliphatic carbocycles. The van der Waals surface area contributed by atoms with Crippen molar-refractivity contribution in [3.8, 4) is 0 Å². The summed E-state index contributed by atoms with van der Waals surface area (Å²) in [6, 6.07) is 17.3. The van der Waals surface area contributed by atoms with Gasteiger partial charge < -0.3 is 9.80 Å². The molecule has 2 aliphatic rings. The van der Waals surface area contributed by atoms with E-state index in [1.807, 2.05) is 6.07 Å². The van der Waals surface area contributed by atoms with E-state index in [-0.39, 0.29) is 5.91 Å². The van der Waals surface area contributed by atoms with Gasteiger partial charge in [-0.25, -0.2) is 0 Å². The highest BCUT2D eigenvalue weighted by molar-refractivity contribution is 5.95. The van der Waals surface area contributed by atoms with Crippen molar-refractivity contribution in [3.63, 3.8) is 0 Å². The Morgan fingerprint density at radius 1 is 1.11 bits per heavy atom. The number of benzene rings is 2. The lowest BCUT2D eigenvalue weighted by Crippen LogP contribution is -2.48. The Labute approximate surface area is 168 Å². The van der Waals surface area contributed by atoms with Crippen LogP contribution >= 0.6 is 0 Å². The van der Waals surface area contributed by atoms with Crippen LogP contribution in [-0.4, -0.2) is 55.5 Å². The Bertz CT molecular complexity index is 820. The fourth-order valence-corrected chi connectivity index (χ4v) is 4.60. The Balaban J connectivity index is 1.43. The molecule has 2 aliphatic heterocycles. The van der Waals surface area contributed by atoms with E-state index >= 15 is 0 Å². The van der Waals surface area contributed by atoms with E-state index < -0.39 is 0 Å². The second kappa shape index (κ2) is 8.36. The molecular formula is C24H31N3O. The van der Waals surface area contributed by atoms with Gasteiger partial charge in [0, 0.05) is 50.5 Å². The number of hydrogen-bond donors (Lipinski definition) is 0. The Morgan fingerprint density at radius 3 is 2.75 bits per heavy atom. The number of hydrogen-bond acceptors (Lipinski definition) is 3. The Kier molecular flexibility index (Phi) is 5.67. The molecular weight excluding hydrogens is 346 g/mol. The van der Waals surface area contributed by atoms with Crippen molar-refractivity contribution in [3.05, 3.63) is 65.2 Å². The van der Waals surface area contributed by atoms with Crippen LogP contribution in [0.25, 0.3) is 0 Å². The van der Waals surface area contributed by atoms with Crippen molar-refractivity contribution in [1.29, 1.82) is 0 Å². The third-order valence-electron chi connectivity index (χ3n) is 6.26. The molecule has 148 valence electrons. The number of amides is 1. The first kappa shape index (κ1) is 19.0. The molecule has 0 bridgehead atoms. The van der Waals surface area contributed by atoms with Gasteiger partial charge in [-0.1, -0.05) is 30.3 Å². The second-order valence-corrected chi connectivity index (χ2v) is 8.32. The summed E-state index contributed by atoms with van der Waals surface area (Å²) >= 11 is 0. The number of nitrogens with zero attached hydrogens (tertiary/aromatic N) is 3. The summed E-state index contributed by atoms with van der Waals surface area (Å²) in [6.07, 6.45) is 4.46. The number of fused-ring (bicyclic) bond motifs is 1. The molecule has 1 saturated heterocycles. The van der Waals surface area contributed by atoms with Gasteiger partial charge in [-0.05, 0) is 62.1 Å². The van der Waals surface area contributed by atoms with Crippen molar-refractivity contribution in [1.82, 2.24) is 9.80 Å². The van der Waals surface area contributed by atoms with Crippen LogP contribution in [0.1, 0.15) is 40.7 Å². The van der Waals surface area contributed by atoms with E-state index in [0.29, 0.717) is 6.04 Å². The zero-order valence-electron chi connectivity index (χ0n) is 17.1. The van der Waals surface area contributed by atoms with Crippen molar-refractivity contribution in [2.45, 2.75) is 38.3 Å². The smallest absolute Gasteiger partial charge is 0.253 e. The van der Waals surface area contributed by atoms with Gasteiger partial charge >= 0.3 is 0 Å². The molecule has 0 N–H and O–H groups in total. The number of carbonyl (C=O) groups is 1. The molecule has 0 saturated carbocycles. The average molecular weight is 378 g/mol. The zero-order chi connectivity index (χ0) is 19.5. The first-order chi connectivity index (χ1) is 13.6. The minimum absolute atomic E-state index is 0.189. The molecule has 0 spiro atoms. The molecule has 4 nitrogen and oxygen atoms in total. The minimum Gasteiger partial charge on any atom is -0.374 e. The molecule has 0 unspecified atom stereocenters. The third-order valence-corrected chi connectivity index (χ3v) is 6.26. The summed E-state index contributed by atoms with van der Waals surface area (Å²) in [7, 11) is 4.32. The van der Waals surface area contributed by atoms with Crippen LogP contribution in [0.2, 0.25) is 0 Å². The molecule has 2 aromatic rings. The van der Waals surface area contributed by atoms with Crippen LogP contribution in [0.15, 0.2) is 48.5 Å². The zero-order valence-corrected chi connectivity index (χ0v) is 17.1. The summed E-state index contributed by atoms with van der Waals surface area (Å²) in [5, 5.41) is 0. The summed E-state index contributed by atoms with van der Waals surface area (Å²) in [5.74, 6) is 0.189. The highest BCUT2D eigenvalue weighted by Crippen LogP contribution is 2.28. The fraction of sp³-hybridized carbons (Fsp3) is 0.458. The van der Waals surface area contributed by atoms with E-state index in [2.05, 4.69) is 71.3 Å². The van der Waals surface area contributed by atoms with Crippen molar-refractivity contribution in [2.24, 2.45) is 0 Å². The number of aryl methyl sites for hydroxylation is 1. The van der Waals surface area contributed by atoms with E-state index in [9.17, 15) is 4.79 Å². The van der Waals surface area contributed by atoms with E-state index in [0.717, 1.165) is 57.4 Å². The maximum Gasteiger partial charge on any atom is 0.253 e. The molecule has 1 fully saturated rings. The predicted octanol–water partition coefficient (Wildman–Crippen LogP) is 3.81. The SMILES string of the molecule is CN1CCCc2cc(C(=O)N3CCC[C@@H](N(C)Cc4ccccc4)C3)ccc21. The van der Waals surface area contributed by atoms with Gasteiger partial charge in [-0.3, -0.25) is 9.69 Å². The van der Waals surface area contributed by atoms with Crippen LogP contribution in [0.3, 0.4) is 0 Å². The van der Waals surface area contributed by atoms with Gasteiger partial charge in [-0.2, -0.15) is 0 Å². The molecule has 1 atom stereocenters. The fourth-order valence-electron chi connectivity index (χ4n) is 4.60. The average Bonchev–Trinajstić information content (AvgIpc) is 2.74. The third kappa shape index (κ3) is 4.07. The van der Waals surface area contributed by atoms with Crippen molar-refractivity contribution >= 4 is 11.6 Å². The maximum atomic E-state index is 13.2. The maximum absolute atomic E-state index is 13.2. The quantitative estimate of drug-likeness (QED) is 0.811. The number of piperidine rings is 1. The largest absolute Gasteiger partial charge is 0.374 e. The first-order valence-corrected chi connectivity index (χ1v) is 10.5. The van der Waals surface area contributed by atoms with Gasteiger partial charge in [0.25, 0.3) is 5.91 Å². The number of likely N-dealkylation sites (N-methyl/N-ethyl adjacent to an activating group) is 1. The lowest BCUT2D eigenvalue weighted by atomic mass is 9.98. The molecule has 2 aromatic carbocycles. The second-order valence-electron chi connectivity index (χ2n) is 8.32. The standard InChI is InChI=1S/C24H31N3O/c1-25-14-6-10-20-16-21(12-13-23(20)25)24(28)27-15-7-11-22(18-27)26(2)17-19-8-4-3-5-9-19/h3-5,8-9,12-13,16,22H,6-7,10-11,14-15,17-18H2,1-2H3/t22-/m1/s1. The molecule has 2 heterocycles.